The minimum absolute atomic E-state index is 0.640. The first-order chi connectivity index (χ1) is 8.27. The fraction of sp³-hybridized carbons (Fsp3) is 0.538. The molecule has 0 heterocycles. The molecule has 96 valence electrons. The number of anilines is 2. The van der Waals surface area contributed by atoms with E-state index < -0.39 is 0 Å². The van der Waals surface area contributed by atoms with E-state index >= 15 is 0 Å². The highest BCUT2D eigenvalue weighted by Crippen LogP contribution is 2.25. The summed E-state index contributed by atoms with van der Waals surface area (Å²) in [6.45, 7) is 3.60. The van der Waals surface area contributed by atoms with Crippen molar-refractivity contribution in [3.8, 4) is 5.75 Å². The molecule has 4 heteroatoms. The average Bonchev–Trinajstić information content (AvgIpc) is 2.33. The van der Waals surface area contributed by atoms with Gasteiger partial charge in [-0.25, -0.2) is 0 Å². The van der Waals surface area contributed by atoms with Gasteiger partial charge in [-0.15, -0.1) is 0 Å². The second kappa shape index (κ2) is 8.12. The molecule has 0 saturated carbocycles. The molecule has 0 radical (unpaired) electrons. The van der Waals surface area contributed by atoms with Gasteiger partial charge in [0.25, 0.3) is 0 Å². The van der Waals surface area contributed by atoms with Crippen molar-refractivity contribution in [1.29, 1.82) is 0 Å². The summed E-state index contributed by atoms with van der Waals surface area (Å²) in [5, 5.41) is 3.38. The van der Waals surface area contributed by atoms with E-state index in [1.165, 1.54) is 18.6 Å². The number of rotatable bonds is 8. The Bertz CT molecular complexity index is 331. The van der Waals surface area contributed by atoms with Crippen molar-refractivity contribution >= 4 is 23.1 Å². The number of benzene rings is 1. The Hall–Kier alpha value is -1.03. The van der Waals surface area contributed by atoms with Crippen LogP contribution >= 0.6 is 11.8 Å². The molecule has 0 fully saturated rings. The van der Waals surface area contributed by atoms with Gasteiger partial charge in [-0.1, -0.05) is 0 Å². The van der Waals surface area contributed by atoms with Crippen molar-refractivity contribution in [2.45, 2.75) is 19.8 Å². The molecule has 0 saturated heterocycles. The van der Waals surface area contributed by atoms with E-state index in [-0.39, 0.29) is 0 Å². The van der Waals surface area contributed by atoms with Crippen molar-refractivity contribution in [2.75, 3.05) is 36.2 Å². The summed E-state index contributed by atoms with van der Waals surface area (Å²) in [5.74, 6) is 2.00. The molecule has 0 amide bonds. The third kappa shape index (κ3) is 5.22. The molecule has 3 N–H and O–H groups in total. The van der Waals surface area contributed by atoms with Crippen molar-refractivity contribution < 1.29 is 4.74 Å². The van der Waals surface area contributed by atoms with E-state index in [4.69, 9.17) is 10.5 Å². The van der Waals surface area contributed by atoms with Crippen molar-refractivity contribution in [2.24, 2.45) is 0 Å². The van der Waals surface area contributed by atoms with Crippen LogP contribution in [0.25, 0.3) is 0 Å². The van der Waals surface area contributed by atoms with Gasteiger partial charge in [0, 0.05) is 18.3 Å². The molecule has 0 spiro atoms. The van der Waals surface area contributed by atoms with Gasteiger partial charge in [-0.2, -0.15) is 11.8 Å². The van der Waals surface area contributed by atoms with Gasteiger partial charge >= 0.3 is 0 Å². The van der Waals surface area contributed by atoms with E-state index in [1.54, 1.807) is 0 Å². The Balaban J connectivity index is 2.40. The molecule has 0 aliphatic rings. The molecule has 0 aliphatic carbocycles. The normalized spacial score (nSPS) is 10.2. The quantitative estimate of drug-likeness (QED) is 0.552. The minimum Gasteiger partial charge on any atom is -0.492 e. The SMILES string of the molecule is CCOc1cc(NCCCCSC)ccc1N. The third-order valence-electron chi connectivity index (χ3n) is 2.42. The van der Waals surface area contributed by atoms with Crippen LogP contribution in [0.3, 0.4) is 0 Å². The minimum atomic E-state index is 0.640. The van der Waals surface area contributed by atoms with Gasteiger partial charge < -0.3 is 15.8 Å². The van der Waals surface area contributed by atoms with E-state index in [2.05, 4.69) is 11.6 Å². The van der Waals surface area contributed by atoms with Crippen molar-refractivity contribution in [1.82, 2.24) is 0 Å². The molecule has 0 unspecified atom stereocenters. The van der Waals surface area contributed by atoms with Crippen molar-refractivity contribution in [3.05, 3.63) is 18.2 Å². The Labute approximate surface area is 108 Å². The maximum Gasteiger partial charge on any atom is 0.144 e. The fourth-order valence-corrected chi connectivity index (χ4v) is 2.02. The molecule has 3 nitrogen and oxygen atoms in total. The number of hydrogen-bond donors (Lipinski definition) is 2. The molecule has 17 heavy (non-hydrogen) atoms. The Morgan fingerprint density at radius 1 is 1.35 bits per heavy atom. The van der Waals surface area contributed by atoms with Crippen LogP contribution < -0.4 is 15.8 Å². The maximum absolute atomic E-state index is 5.81. The number of nitrogen functional groups attached to an aromatic ring is 1. The van der Waals surface area contributed by atoms with Gasteiger partial charge in [0.05, 0.1) is 12.3 Å². The van der Waals surface area contributed by atoms with Gasteiger partial charge in [0.2, 0.25) is 0 Å². The lowest BCUT2D eigenvalue weighted by Crippen LogP contribution is -2.03. The van der Waals surface area contributed by atoms with Crippen LogP contribution in [0.2, 0.25) is 0 Å². The second-order valence-electron chi connectivity index (χ2n) is 3.81. The lowest BCUT2D eigenvalue weighted by atomic mass is 10.2. The first kappa shape index (κ1) is 14.0. The molecule has 1 aromatic carbocycles. The highest BCUT2D eigenvalue weighted by molar-refractivity contribution is 7.98. The van der Waals surface area contributed by atoms with Gasteiger partial charge in [0.1, 0.15) is 5.75 Å². The Kier molecular flexibility index (Phi) is 6.70. The largest absolute Gasteiger partial charge is 0.492 e. The van der Waals surface area contributed by atoms with Crippen molar-refractivity contribution in [3.63, 3.8) is 0 Å². The summed E-state index contributed by atoms with van der Waals surface area (Å²) >= 11 is 1.89. The standard InChI is InChI=1S/C13H22N2OS/c1-3-16-13-10-11(6-7-12(13)14)15-8-4-5-9-17-2/h6-7,10,15H,3-5,8-9,14H2,1-2H3. The molecule has 1 aromatic rings. The molecular weight excluding hydrogens is 232 g/mol. The number of nitrogens with one attached hydrogen (secondary N) is 1. The summed E-state index contributed by atoms with van der Waals surface area (Å²) in [6.07, 6.45) is 4.58. The summed E-state index contributed by atoms with van der Waals surface area (Å²) in [6, 6.07) is 5.84. The highest BCUT2D eigenvalue weighted by atomic mass is 32.2. The molecule has 0 atom stereocenters. The molecular formula is C13H22N2OS. The number of ether oxygens (including phenoxy) is 1. The zero-order valence-corrected chi connectivity index (χ0v) is 11.5. The average molecular weight is 254 g/mol. The zero-order chi connectivity index (χ0) is 12.5. The highest BCUT2D eigenvalue weighted by Gasteiger charge is 2.01. The van der Waals surface area contributed by atoms with E-state index in [0.29, 0.717) is 12.3 Å². The summed E-state index contributed by atoms with van der Waals surface area (Å²) in [5.41, 5.74) is 7.58. The predicted octanol–water partition coefficient (Wildman–Crippen LogP) is 3.22. The summed E-state index contributed by atoms with van der Waals surface area (Å²) < 4.78 is 5.45. The molecule has 1 rings (SSSR count). The maximum atomic E-state index is 5.81. The van der Waals surface area contributed by atoms with Gasteiger partial charge in [0.15, 0.2) is 0 Å². The van der Waals surface area contributed by atoms with Crippen LogP contribution in [-0.2, 0) is 0 Å². The first-order valence-electron chi connectivity index (χ1n) is 6.03. The monoisotopic (exact) mass is 254 g/mol. The molecule has 0 aliphatic heterocycles. The number of unbranched alkanes of at least 4 members (excludes halogenated alkanes) is 1. The second-order valence-corrected chi connectivity index (χ2v) is 4.80. The van der Waals surface area contributed by atoms with E-state index in [1.807, 2.05) is 36.9 Å². The first-order valence-corrected chi connectivity index (χ1v) is 7.42. The number of thioether (sulfide) groups is 1. The smallest absolute Gasteiger partial charge is 0.144 e. The van der Waals surface area contributed by atoms with Crippen LogP contribution in [0.4, 0.5) is 11.4 Å². The topological polar surface area (TPSA) is 47.3 Å². The Morgan fingerprint density at radius 2 is 2.18 bits per heavy atom. The van der Waals surface area contributed by atoms with E-state index in [9.17, 15) is 0 Å². The number of hydrogen-bond acceptors (Lipinski definition) is 4. The summed E-state index contributed by atoms with van der Waals surface area (Å²) in [4.78, 5) is 0. The Morgan fingerprint density at radius 3 is 2.88 bits per heavy atom. The molecule has 0 aromatic heterocycles. The van der Waals surface area contributed by atoms with Crippen LogP contribution in [0.1, 0.15) is 19.8 Å². The van der Waals surface area contributed by atoms with Gasteiger partial charge in [-0.05, 0) is 43.9 Å². The summed E-state index contributed by atoms with van der Waals surface area (Å²) in [7, 11) is 0. The lowest BCUT2D eigenvalue weighted by Gasteiger charge is -2.10. The van der Waals surface area contributed by atoms with Crippen LogP contribution in [0.5, 0.6) is 5.75 Å². The van der Waals surface area contributed by atoms with Crippen LogP contribution in [0, 0.1) is 0 Å². The predicted molar refractivity (Wildman–Crippen MR) is 78.1 cm³/mol. The molecule has 0 bridgehead atoms. The lowest BCUT2D eigenvalue weighted by molar-refractivity contribution is 0.342. The number of nitrogens with two attached hydrogens (primary N) is 1. The van der Waals surface area contributed by atoms with Gasteiger partial charge in [-0.3, -0.25) is 0 Å². The van der Waals surface area contributed by atoms with Crippen LogP contribution in [-0.4, -0.2) is 25.2 Å². The fourth-order valence-electron chi connectivity index (χ4n) is 1.53. The van der Waals surface area contributed by atoms with Crippen LogP contribution in [0.15, 0.2) is 18.2 Å². The third-order valence-corrected chi connectivity index (χ3v) is 3.11. The van der Waals surface area contributed by atoms with E-state index in [0.717, 1.165) is 18.0 Å². The zero-order valence-electron chi connectivity index (χ0n) is 10.7.